The second kappa shape index (κ2) is 10.2. The van der Waals surface area contributed by atoms with E-state index in [0.717, 1.165) is 24.1 Å². The Morgan fingerprint density at radius 3 is 2.47 bits per heavy atom. The van der Waals surface area contributed by atoms with Gasteiger partial charge in [0, 0.05) is 17.8 Å². The maximum Gasteiger partial charge on any atom is 0.305 e. The third-order valence-corrected chi connectivity index (χ3v) is 5.30. The van der Waals surface area contributed by atoms with Gasteiger partial charge in [0.15, 0.2) is 0 Å². The minimum absolute atomic E-state index is 0.0665. The van der Waals surface area contributed by atoms with E-state index in [1.54, 1.807) is 12.1 Å². The van der Waals surface area contributed by atoms with Crippen LogP contribution in [-0.4, -0.2) is 29.2 Å². The maximum absolute atomic E-state index is 12.2. The Morgan fingerprint density at radius 2 is 1.93 bits per heavy atom. The molecule has 162 valence electrons. The van der Waals surface area contributed by atoms with Crippen molar-refractivity contribution >= 4 is 17.6 Å². The molecule has 1 fully saturated rings. The standard InChI is InChI=1S/C24H33N3O3/c1-6-7-16(2)26-17(3)27-22(20-14-24(4,5)15-20)18-8-10-19(11-9-18)23(30)25-13-12-21(28)29/h6-11,20,22,27H,3,12-15H2,1-2,4-5H3,(H,25,30)(H,28,29)/b7-6-,26-16?. The molecule has 0 aliphatic heterocycles. The minimum Gasteiger partial charge on any atom is -0.481 e. The summed E-state index contributed by atoms with van der Waals surface area (Å²) in [5.74, 6) is -0.122. The van der Waals surface area contributed by atoms with Gasteiger partial charge in [-0.15, -0.1) is 0 Å². The summed E-state index contributed by atoms with van der Waals surface area (Å²) in [6.45, 7) is 12.6. The van der Waals surface area contributed by atoms with Gasteiger partial charge < -0.3 is 15.7 Å². The van der Waals surface area contributed by atoms with E-state index >= 15 is 0 Å². The molecular formula is C24H33N3O3. The number of hydrogen-bond donors (Lipinski definition) is 3. The van der Waals surface area contributed by atoms with Gasteiger partial charge in [-0.2, -0.15) is 0 Å². The summed E-state index contributed by atoms with van der Waals surface area (Å²) < 4.78 is 0. The first-order valence-corrected chi connectivity index (χ1v) is 10.3. The second-order valence-electron chi connectivity index (χ2n) is 8.68. The van der Waals surface area contributed by atoms with Gasteiger partial charge in [0.05, 0.1) is 12.5 Å². The molecule has 0 bridgehead atoms. The largest absolute Gasteiger partial charge is 0.481 e. The normalized spacial score (nSPS) is 17.3. The van der Waals surface area contributed by atoms with E-state index in [9.17, 15) is 9.59 Å². The van der Waals surface area contributed by atoms with Crippen molar-refractivity contribution in [3.05, 3.63) is 59.9 Å². The molecular weight excluding hydrogens is 378 g/mol. The number of benzene rings is 1. The fourth-order valence-corrected chi connectivity index (χ4v) is 4.00. The van der Waals surface area contributed by atoms with Crippen LogP contribution in [0.3, 0.4) is 0 Å². The van der Waals surface area contributed by atoms with Crippen molar-refractivity contribution in [3.63, 3.8) is 0 Å². The molecule has 1 saturated carbocycles. The van der Waals surface area contributed by atoms with E-state index in [-0.39, 0.29) is 24.9 Å². The number of hydrogen-bond acceptors (Lipinski definition) is 4. The van der Waals surface area contributed by atoms with Crippen LogP contribution in [0.5, 0.6) is 0 Å². The molecule has 0 heterocycles. The topological polar surface area (TPSA) is 90.8 Å². The van der Waals surface area contributed by atoms with Crippen LogP contribution in [0.2, 0.25) is 0 Å². The van der Waals surface area contributed by atoms with Crippen LogP contribution in [-0.2, 0) is 4.79 Å². The highest BCUT2D eigenvalue weighted by Crippen LogP contribution is 2.50. The molecule has 0 radical (unpaired) electrons. The number of aliphatic imine (C=N–C) groups is 1. The van der Waals surface area contributed by atoms with E-state index in [4.69, 9.17) is 5.11 Å². The lowest BCUT2D eigenvalue weighted by molar-refractivity contribution is -0.136. The number of carboxylic acid groups (broad SMARTS) is 1. The molecule has 1 aromatic rings. The number of allylic oxidation sites excluding steroid dienone is 2. The van der Waals surface area contributed by atoms with Gasteiger partial charge in [-0.25, -0.2) is 4.99 Å². The zero-order chi connectivity index (χ0) is 22.3. The smallest absolute Gasteiger partial charge is 0.305 e. The summed E-state index contributed by atoms with van der Waals surface area (Å²) in [5.41, 5.74) is 2.81. The summed E-state index contributed by atoms with van der Waals surface area (Å²) in [6.07, 6.45) is 5.99. The monoisotopic (exact) mass is 411 g/mol. The first kappa shape index (κ1) is 23.4. The molecule has 1 amide bonds. The number of carboxylic acids is 1. The highest BCUT2D eigenvalue weighted by Gasteiger charge is 2.41. The molecule has 0 saturated heterocycles. The molecule has 6 heteroatoms. The molecule has 30 heavy (non-hydrogen) atoms. The highest BCUT2D eigenvalue weighted by atomic mass is 16.4. The Hall–Kier alpha value is -2.89. The van der Waals surface area contributed by atoms with Crippen LogP contribution in [0.4, 0.5) is 0 Å². The molecule has 2 rings (SSSR count). The fourth-order valence-electron chi connectivity index (χ4n) is 4.00. The summed E-state index contributed by atoms with van der Waals surface area (Å²) >= 11 is 0. The number of nitrogens with one attached hydrogen (secondary N) is 2. The van der Waals surface area contributed by atoms with Crippen LogP contribution >= 0.6 is 0 Å². The number of amides is 1. The van der Waals surface area contributed by atoms with E-state index in [0.29, 0.717) is 22.7 Å². The molecule has 0 aromatic heterocycles. The fraction of sp³-hybridized carbons (Fsp3) is 0.458. The Morgan fingerprint density at radius 1 is 1.30 bits per heavy atom. The number of carbonyl (C=O) groups is 2. The average Bonchev–Trinajstić information content (AvgIpc) is 2.64. The Kier molecular flexibility index (Phi) is 7.98. The zero-order valence-corrected chi connectivity index (χ0v) is 18.4. The summed E-state index contributed by atoms with van der Waals surface area (Å²) in [5, 5.41) is 14.8. The third-order valence-electron chi connectivity index (χ3n) is 5.30. The molecule has 0 spiro atoms. The minimum atomic E-state index is -0.935. The summed E-state index contributed by atoms with van der Waals surface area (Å²) in [4.78, 5) is 27.3. The number of carbonyl (C=O) groups excluding carboxylic acids is 1. The number of nitrogens with zero attached hydrogens (tertiary/aromatic N) is 1. The molecule has 1 aliphatic rings. The van der Waals surface area contributed by atoms with E-state index < -0.39 is 5.97 Å². The van der Waals surface area contributed by atoms with Crippen molar-refractivity contribution in [2.45, 2.75) is 53.0 Å². The first-order valence-electron chi connectivity index (χ1n) is 10.3. The van der Waals surface area contributed by atoms with E-state index in [1.165, 1.54) is 0 Å². The molecule has 1 aromatic carbocycles. The lowest BCUT2D eigenvalue weighted by Gasteiger charge is -2.47. The molecule has 1 aliphatic carbocycles. The highest BCUT2D eigenvalue weighted by molar-refractivity contribution is 5.94. The predicted molar refractivity (Wildman–Crippen MR) is 120 cm³/mol. The van der Waals surface area contributed by atoms with E-state index in [2.05, 4.69) is 36.1 Å². The lowest BCUT2D eigenvalue weighted by atomic mass is 9.61. The molecule has 6 nitrogen and oxygen atoms in total. The summed E-state index contributed by atoms with van der Waals surface area (Å²) in [6, 6.07) is 7.52. The van der Waals surface area contributed by atoms with Crippen molar-refractivity contribution in [1.29, 1.82) is 0 Å². The SMILES string of the molecule is C=C(N=C(C)/C=C\C)NC(c1ccc(C(=O)NCCC(=O)O)cc1)C1CC(C)(C)C1. The summed E-state index contributed by atoms with van der Waals surface area (Å²) in [7, 11) is 0. The Balaban J connectivity index is 2.12. The van der Waals surface area contributed by atoms with Crippen LogP contribution in [0.15, 0.2) is 53.8 Å². The van der Waals surface area contributed by atoms with Crippen molar-refractivity contribution in [2.24, 2.45) is 16.3 Å². The molecule has 3 N–H and O–H groups in total. The van der Waals surface area contributed by atoms with Gasteiger partial charge in [-0.3, -0.25) is 9.59 Å². The van der Waals surface area contributed by atoms with Gasteiger partial charge in [0.2, 0.25) is 0 Å². The van der Waals surface area contributed by atoms with Gasteiger partial charge >= 0.3 is 5.97 Å². The van der Waals surface area contributed by atoms with Crippen LogP contribution in [0, 0.1) is 11.3 Å². The van der Waals surface area contributed by atoms with Gasteiger partial charge in [-0.1, -0.05) is 38.6 Å². The van der Waals surface area contributed by atoms with Crippen LogP contribution in [0.25, 0.3) is 0 Å². The van der Waals surface area contributed by atoms with Crippen molar-refractivity contribution < 1.29 is 14.7 Å². The molecule has 1 unspecified atom stereocenters. The lowest BCUT2D eigenvalue weighted by Crippen LogP contribution is -2.40. The predicted octanol–water partition coefficient (Wildman–Crippen LogP) is 4.47. The number of rotatable bonds is 10. The Bertz CT molecular complexity index is 830. The first-order chi connectivity index (χ1) is 14.1. The van der Waals surface area contributed by atoms with Crippen molar-refractivity contribution in [1.82, 2.24) is 10.6 Å². The van der Waals surface area contributed by atoms with Crippen molar-refractivity contribution in [3.8, 4) is 0 Å². The van der Waals surface area contributed by atoms with E-state index in [1.807, 2.05) is 38.1 Å². The third kappa shape index (κ3) is 6.87. The molecule has 1 atom stereocenters. The van der Waals surface area contributed by atoms with Gasteiger partial charge in [0.25, 0.3) is 5.91 Å². The number of aliphatic carboxylic acids is 1. The van der Waals surface area contributed by atoms with Gasteiger partial charge in [-0.05, 0) is 61.8 Å². The second-order valence-corrected chi connectivity index (χ2v) is 8.68. The quantitative estimate of drug-likeness (QED) is 0.496. The average molecular weight is 412 g/mol. The maximum atomic E-state index is 12.2. The zero-order valence-electron chi connectivity index (χ0n) is 18.4. The van der Waals surface area contributed by atoms with Crippen LogP contribution in [0.1, 0.15) is 68.9 Å². The Labute approximate surface area is 179 Å². The van der Waals surface area contributed by atoms with Crippen LogP contribution < -0.4 is 10.6 Å². The van der Waals surface area contributed by atoms with Gasteiger partial charge in [0.1, 0.15) is 5.82 Å². The van der Waals surface area contributed by atoms with Crippen molar-refractivity contribution in [2.75, 3.05) is 6.54 Å².